The van der Waals surface area contributed by atoms with Gasteiger partial charge in [-0.2, -0.15) is 4.98 Å². The summed E-state index contributed by atoms with van der Waals surface area (Å²) in [6.07, 6.45) is 1.61. The number of benzene rings is 1. The molecule has 1 amide bonds. The predicted molar refractivity (Wildman–Crippen MR) is 121 cm³/mol. The number of carbonyl (C=O) groups is 1. The van der Waals surface area contributed by atoms with Crippen LogP contribution >= 0.6 is 0 Å². The van der Waals surface area contributed by atoms with Crippen molar-refractivity contribution in [1.82, 2.24) is 19.9 Å². The first-order valence-electron chi connectivity index (χ1n) is 11.5. The highest BCUT2D eigenvalue weighted by Gasteiger charge is 2.31. The summed E-state index contributed by atoms with van der Waals surface area (Å²) < 4.78 is 16.5. The van der Waals surface area contributed by atoms with Gasteiger partial charge in [0.15, 0.2) is 11.5 Å². The fraction of sp³-hybridized carbons (Fsp3) is 0.609. The van der Waals surface area contributed by atoms with Gasteiger partial charge in [0.05, 0.1) is 13.7 Å². The molecular weight excluding hydrogens is 410 g/mol. The minimum absolute atomic E-state index is 0.0807. The molecule has 2 aromatic rings. The normalized spacial score (nSPS) is 18.1. The number of piperazine rings is 1. The summed E-state index contributed by atoms with van der Waals surface area (Å²) in [6.45, 7) is 10.8. The molecule has 9 heteroatoms. The molecule has 1 aromatic heterocycles. The van der Waals surface area contributed by atoms with Gasteiger partial charge in [0.25, 0.3) is 0 Å². The average Bonchev–Trinajstić information content (AvgIpc) is 3.34. The molecule has 0 unspecified atom stereocenters. The van der Waals surface area contributed by atoms with Gasteiger partial charge in [-0.3, -0.25) is 4.79 Å². The number of rotatable bonds is 7. The van der Waals surface area contributed by atoms with Gasteiger partial charge in [-0.25, -0.2) is 0 Å². The van der Waals surface area contributed by atoms with Gasteiger partial charge < -0.3 is 28.7 Å². The van der Waals surface area contributed by atoms with E-state index in [0.717, 1.165) is 64.2 Å². The lowest BCUT2D eigenvalue weighted by Crippen LogP contribution is -2.51. The molecule has 4 rings (SSSR count). The molecule has 0 atom stereocenters. The number of aromatic nitrogens is 2. The van der Waals surface area contributed by atoms with Crippen LogP contribution in [0.2, 0.25) is 0 Å². The number of nitrogens with zero attached hydrogens (tertiary/aromatic N) is 5. The van der Waals surface area contributed by atoms with Gasteiger partial charge in [0.2, 0.25) is 11.7 Å². The number of likely N-dealkylation sites (N-methyl/N-ethyl adjacent to an activating group) is 1. The minimum Gasteiger partial charge on any atom is -0.493 e. The first kappa shape index (κ1) is 22.4. The number of anilines is 1. The van der Waals surface area contributed by atoms with Crippen molar-refractivity contribution in [2.45, 2.75) is 26.7 Å². The fourth-order valence-corrected chi connectivity index (χ4v) is 4.40. The van der Waals surface area contributed by atoms with Crippen LogP contribution in [-0.2, 0) is 4.79 Å². The molecule has 2 aliphatic heterocycles. The van der Waals surface area contributed by atoms with Gasteiger partial charge in [0.1, 0.15) is 0 Å². The van der Waals surface area contributed by atoms with E-state index < -0.39 is 0 Å². The van der Waals surface area contributed by atoms with E-state index in [9.17, 15) is 4.79 Å². The second-order valence-electron chi connectivity index (χ2n) is 8.22. The Labute approximate surface area is 189 Å². The van der Waals surface area contributed by atoms with Crippen molar-refractivity contribution in [1.29, 1.82) is 0 Å². The van der Waals surface area contributed by atoms with Crippen LogP contribution in [0, 0.1) is 5.92 Å². The highest BCUT2D eigenvalue weighted by atomic mass is 16.5. The summed E-state index contributed by atoms with van der Waals surface area (Å²) >= 11 is 0. The highest BCUT2D eigenvalue weighted by molar-refractivity contribution is 5.79. The Morgan fingerprint density at radius 2 is 1.84 bits per heavy atom. The number of piperidine rings is 1. The van der Waals surface area contributed by atoms with Crippen molar-refractivity contribution in [3.8, 4) is 22.9 Å². The van der Waals surface area contributed by atoms with Gasteiger partial charge >= 0.3 is 6.01 Å². The number of carbonyl (C=O) groups excluding carboxylic acids is 1. The maximum absolute atomic E-state index is 12.9. The van der Waals surface area contributed by atoms with E-state index >= 15 is 0 Å². The van der Waals surface area contributed by atoms with Gasteiger partial charge in [-0.15, -0.1) is 0 Å². The minimum atomic E-state index is 0.0807. The monoisotopic (exact) mass is 443 g/mol. The predicted octanol–water partition coefficient (Wildman–Crippen LogP) is 2.52. The molecule has 2 saturated heterocycles. The standard InChI is InChI=1S/C23H33N5O4/c1-4-26-12-14-27(15-13-26)22(29)17-8-10-28(11-9-17)23-24-21(25-32-23)18-6-7-19(31-5-2)20(16-18)30-3/h6-7,16-17H,4-5,8-15H2,1-3H3. The Balaban J connectivity index is 1.35. The summed E-state index contributed by atoms with van der Waals surface area (Å²) in [4.78, 5) is 24.0. The number of amides is 1. The van der Waals surface area contributed by atoms with Crippen LogP contribution in [-0.4, -0.2) is 85.4 Å². The summed E-state index contributed by atoms with van der Waals surface area (Å²) in [5.74, 6) is 2.21. The van der Waals surface area contributed by atoms with E-state index in [4.69, 9.17) is 14.0 Å². The van der Waals surface area contributed by atoms with Gasteiger partial charge in [-0.05, 0) is 44.5 Å². The third-order valence-corrected chi connectivity index (χ3v) is 6.38. The lowest BCUT2D eigenvalue weighted by atomic mass is 9.95. The molecule has 174 valence electrons. The van der Waals surface area contributed by atoms with Crippen LogP contribution < -0.4 is 14.4 Å². The van der Waals surface area contributed by atoms with Crippen molar-refractivity contribution in [3.63, 3.8) is 0 Å². The van der Waals surface area contributed by atoms with Crippen molar-refractivity contribution in [2.24, 2.45) is 5.92 Å². The molecule has 0 saturated carbocycles. The van der Waals surface area contributed by atoms with Crippen LogP contribution in [0.25, 0.3) is 11.4 Å². The Hall–Kier alpha value is -2.81. The van der Waals surface area contributed by atoms with E-state index in [1.54, 1.807) is 7.11 Å². The van der Waals surface area contributed by atoms with Crippen LogP contribution in [0.5, 0.6) is 11.5 Å². The average molecular weight is 444 g/mol. The smallest absolute Gasteiger partial charge is 0.324 e. The Kier molecular flexibility index (Phi) is 7.14. The quantitative estimate of drug-likeness (QED) is 0.646. The van der Waals surface area contributed by atoms with Crippen LogP contribution in [0.1, 0.15) is 26.7 Å². The number of hydrogen-bond donors (Lipinski definition) is 0. The molecule has 2 aliphatic rings. The Morgan fingerprint density at radius 3 is 2.50 bits per heavy atom. The lowest BCUT2D eigenvalue weighted by molar-refractivity contribution is -0.138. The molecule has 0 spiro atoms. The van der Waals surface area contributed by atoms with E-state index in [0.29, 0.717) is 35.9 Å². The zero-order chi connectivity index (χ0) is 22.5. The van der Waals surface area contributed by atoms with Crippen molar-refractivity contribution in [3.05, 3.63) is 18.2 Å². The van der Waals surface area contributed by atoms with E-state index in [1.807, 2.05) is 30.0 Å². The highest BCUT2D eigenvalue weighted by Crippen LogP contribution is 2.32. The molecular formula is C23H33N5O4. The maximum atomic E-state index is 12.9. The summed E-state index contributed by atoms with van der Waals surface area (Å²) in [5, 5.41) is 4.15. The second kappa shape index (κ2) is 10.2. The summed E-state index contributed by atoms with van der Waals surface area (Å²) in [6, 6.07) is 6.09. The van der Waals surface area contributed by atoms with Crippen LogP contribution in [0.15, 0.2) is 22.7 Å². The second-order valence-corrected chi connectivity index (χ2v) is 8.22. The zero-order valence-electron chi connectivity index (χ0n) is 19.2. The largest absolute Gasteiger partial charge is 0.493 e. The molecule has 0 bridgehead atoms. The van der Waals surface area contributed by atoms with Crippen molar-refractivity contribution < 1.29 is 18.8 Å². The molecule has 9 nitrogen and oxygen atoms in total. The first-order chi connectivity index (χ1) is 15.6. The van der Waals surface area contributed by atoms with Gasteiger partial charge in [-0.1, -0.05) is 12.1 Å². The van der Waals surface area contributed by atoms with Crippen molar-refractivity contribution >= 4 is 11.9 Å². The van der Waals surface area contributed by atoms with E-state index in [2.05, 4.69) is 26.9 Å². The number of methoxy groups -OCH3 is 1. The van der Waals surface area contributed by atoms with E-state index in [-0.39, 0.29) is 5.92 Å². The van der Waals surface area contributed by atoms with E-state index in [1.165, 1.54) is 0 Å². The SMILES string of the molecule is CCOc1ccc(-c2noc(N3CCC(C(=O)N4CCN(CC)CC4)CC3)n2)cc1OC. The summed E-state index contributed by atoms with van der Waals surface area (Å²) in [5.41, 5.74) is 0.802. The third kappa shape index (κ3) is 4.82. The molecule has 2 fully saturated rings. The number of ether oxygens (including phenoxy) is 2. The Bertz CT molecular complexity index is 902. The van der Waals surface area contributed by atoms with Crippen molar-refractivity contribution in [2.75, 3.05) is 64.4 Å². The number of hydrogen-bond acceptors (Lipinski definition) is 8. The zero-order valence-corrected chi connectivity index (χ0v) is 19.2. The summed E-state index contributed by atoms with van der Waals surface area (Å²) in [7, 11) is 1.61. The molecule has 32 heavy (non-hydrogen) atoms. The first-order valence-corrected chi connectivity index (χ1v) is 11.5. The van der Waals surface area contributed by atoms with Crippen LogP contribution in [0.3, 0.4) is 0 Å². The molecule has 3 heterocycles. The van der Waals surface area contributed by atoms with Crippen LogP contribution in [0.4, 0.5) is 6.01 Å². The Morgan fingerprint density at radius 1 is 1.09 bits per heavy atom. The molecule has 0 N–H and O–H groups in total. The molecule has 0 radical (unpaired) electrons. The third-order valence-electron chi connectivity index (χ3n) is 6.38. The maximum Gasteiger partial charge on any atom is 0.324 e. The molecule has 0 aliphatic carbocycles. The topological polar surface area (TPSA) is 84.2 Å². The fourth-order valence-electron chi connectivity index (χ4n) is 4.40. The molecule has 1 aromatic carbocycles. The van der Waals surface area contributed by atoms with Gasteiger partial charge in [0, 0.05) is 50.7 Å². The lowest BCUT2D eigenvalue weighted by Gasteiger charge is -2.38.